The molecule has 2 aromatic carbocycles. The molecule has 0 atom stereocenters. The Morgan fingerprint density at radius 3 is 1.38 bits per heavy atom. The van der Waals surface area contributed by atoms with Crippen molar-refractivity contribution in [3.8, 4) is 11.5 Å². The maximum absolute atomic E-state index is 12.6. The second kappa shape index (κ2) is 13.4. The normalized spacial score (nSPS) is 19.6. The molecular weight excluding hydrogens is 520 g/mol. The Labute approximate surface area is 252 Å². The van der Waals surface area contributed by atoms with Crippen LogP contribution in [0.2, 0.25) is 0 Å². The smallest absolute Gasteiger partial charge is 0.338 e. The summed E-state index contributed by atoms with van der Waals surface area (Å²) in [4.78, 5) is 25.2. The average molecular weight is 569 g/mol. The van der Waals surface area contributed by atoms with E-state index in [0.717, 1.165) is 38.5 Å². The van der Waals surface area contributed by atoms with Crippen molar-refractivity contribution < 1.29 is 19.1 Å². The molecule has 2 aromatic rings. The maximum atomic E-state index is 12.6. The van der Waals surface area contributed by atoms with E-state index in [2.05, 4.69) is 37.4 Å². The van der Waals surface area contributed by atoms with Crippen molar-refractivity contribution in [2.75, 3.05) is 0 Å². The van der Waals surface area contributed by atoms with E-state index in [1.807, 2.05) is 12.1 Å². The van der Waals surface area contributed by atoms with Crippen LogP contribution in [0.3, 0.4) is 0 Å². The lowest BCUT2D eigenvalue weighted by molar-refractivity contribution is -0.131. The summed E-state index contributed by atoms with van der Waals surface area (Å²) in [5.41, 5.74) is 5.69. The maximum Gasteiger partial charge on any atom is 0.338 e. The number of rotatable bonds is 8. The van der Waals surface area contributed by atoms with E-state index in [0.29, 0.717) is 34.5 Å². The molecule has 5 rings (SSSR count). The van der Waals surface area contributed by atoms with Crippen molar-refractivity contribution in [3.05, 3.63) is 83.0 Å². The second-order valence-electron chi connectivity index (χ2n) is 13.2. The third-order valence-electron chi connectivity index (χ3n) is 10.0. The molecule has 0 unspecified atom stereocenters. The Bertz CT molecular complexity index is 1220. The standard InChI is InChI=1S/C38H48O4/c1-26(2)36(39)41-34-20-18-30(24-32(34)28-14-8-5-9-15-28)38(22-12-7-13-23-38)31-19-21-35(42-37(40)27(3)4)33(25-31)29-16-10-6-11-17-29/h18-21,24-25,28-29H,1,3,5-17,22-23H2,2,4H3. The van der Waals surface area contributed by atoms with Crippen LogP contribution in [-0.2, 0) is 15.0 Å². The van der Waals surface area contributed by atoms with Gasteiger partial charge >= 0.3 is 11.9 Å². The van der Waals surface area contributed by atoms with Gasteiger partial charge < -0.3 is 9.47 Å². The first kappa shape index (κ1) is 30.3. The van der Waals surface area contributed by atoms with Gasteiger partial charge in [-0.15, -0.1) is 0 Å². The van der Waals surface area contributed by atoms with Crippen molar-refractivity contribution in [2.24, 2.45) is 0 Å². The van der Waals surface area contributed by atoms with E-state index in [1.54, 1.807) is 13.8 Å². The first-order chi connectivity index (χ1) is 20.3. The highest BCUT2D eigenvalue weighted by Crippen LogP contribution is 2.49. The minimum atomic E-state index is -0.357. The van der Waals surface area contributed by atoms with Crippen LogP contribution >= 0.6 is 0 Å². The van der Waals surface area contributed by atoms with Crippen LogP contribution in [0.1, 0.15) is 144 Å². The molecule has 0 aliphatic heterocycles. The highest BCUT2D eigenvalue weighted by Gasteiger charge is 2.38. The molecule has 0 aromatic heterocycles. The van der Waals surface area contributed by atoms with Crippen LogP contribution in [-0.4, -0.2) is 11.9 Å². The minimum Gasteiger partial charge on any atom is -0.423 e. The summed E-state index contributed by atoms with van der Waals surface area (Å²) in [6.45, 7) is 11.0. The van der Waals surface area contributed by atoms with Gasteiger partial charge in [-0.25, -0.2) is 9.59 Å². The van der Waals surface area contributed by atoms with Gasteiger partial charge in [0, 0.05) is 16.6 Å². The molecule has 0 amide bonds. The third kappa shape index (κ3) is 6.58. The molecule has 4 heteroatoms. The minimum absolute atomic E-state index is 0.126. The lowest BCUT2D eigenvalue weighted by Crippen LogP contribution is -2.31. The van der Waals surface area contributed by atoms with Crippen molar-refractivity contribution in [1.82, 2.24) is 0 Å². The van der Waals surface area contributed by atoms with E-state index in [4.69, 9.17) is 9.47 Å². The fraction of sp³-hybridized carbons (Fsp3) is 0.526. The molecule has 0 heterocycles. The fourth-order valence-electron chi connectivity index (χ4n) is 7.62. The molecule has 4 nitrogen and oxygen atoms in total. The molecule has 3 fully saturated rings. The molecular formula is C38H48O4. The number of hydrogen-bond donors (Lipinski definition) is 0. The van der Waals surface area contributed by atoms with Gasteiger partial charge in [0.1, 0.15) is 11.5 Å². The largest absolute Gasteiger partial charge is 0.423 e. The second-order valence-corrected chi connectivity index (χ2v) is 13.2. The Kier molecular flexibility index (Phi) is 9.70. The molecule has 0 spiro atoms. The SMILES string of the molecule is C=C(C)C(=O)Oc1ccc(C2(c3ccc(OC(=O)C(=C)C)c(C4CCCCC4)c3)CCCCC2)cc1C1CCCCC1. The van der Waals surface area contributed by atoms with Gasteiger partial charge in [0.15, 0.2) is 0 Å². The summed E-state index contributed by atoms with van der Waals surface area (Å²) in [6.07, 6.45) is 17.7. The van der Waals surface area contributed by atoms with E-state index in [1.165, 1.54) is 80.0 Å². The lowest BCUT2D eigenvalue weighted by Gasteiger charge is -2.40. The number of hydrogen-bond acceptors (Lipinski definition) is 4. The highest BCUT2D eigenvalue weighted by atomic mass is 16.5. The third-order valence-corrected chi connectivity index (χ3v) is 10.0. The van der Waals surface area contributed by atoms with Crippen LogP contribution in [0, 0.1) is 0 Å². The van der Waals surface area contributed by atoms with Crippen molar-refractivity contribution in [2.45, 2.75) is 127 Å². The van der Waals surface area contributed by atoms with Crippen LogP contribution in [0.25, 0.3) is 0 Å². The molecule has 0 N–H and O–H groups in total. The summed E-state index contributed by atoms with van der Waals surface area (Å²) < 4.78 is 11.8. The van der Waals surface area contributed by atoms with E-state index < -0.39 is 0 Å². The summed E-state index contributed by atoms with van der Waals surface area (Å²) >= 11 is 0. The molecule has 0 saturated heterocycles. The van der Waals surface area contributed by atoms with Crippen LogP contribution in [0.5, 0.6) is 11.5 Å². The molecule has 3 aliphatic rings. The zero-order chi connectivity index (χ0) is 29.7. The Morgan fingerprint density at radius 2 is 1.00 bits per heavy atom. The van der Waals surface area contributed by atoms with Crippen LogP contribution in [0.4, 0.5) is 0 Å². The van der Waals surface area contributed by atoms with Gasteiger partial charge in [-0.3, -0.25) is 0 Å². The van der Waals surface area contributed by atoms with E-state index in [9.17, 15) is 9.59 Å². The zero-order valence-electron chi connectivity index (χ0n) is 25.8. The number of carbonyl (C=O) groups excluding carboxylic acids is 2. The molecule has 42 heavy (non-hydrogen) atoms. The number of esters is 2. The molecule has 0 bridgehead atoms. The Hall–Kier alpha value is -3.14. The van der Waals surface area contributed by atoms with Gasteiger partial charge in [-0.2, -0.15) is 0 Å². The number of benzene rings is 2. The molecule has 224 valence electrons. The zero-order valence-corrected chi connectivity index (χ0v) is 25.8. The number of ether oxygens (including phenoxy) is 2. The first-order valence-corrected chi connectivity index (χ1v) is 16.3. The topological polar surface area (TPSA) is 52.6 Å². The van der Waals surface area contributed by atoms with Gasteiger partial charge in [0.05, 0.1) is 0 Å². The summed E-state index contributed by atoms with van der Waals surface area (Å²) in [6, 6.07) is 13.2. The quantitative estimate of drug-likeness (QED) is 0.181. The summed E-state index contributed by atoms with van der Waals surface area (Å²) in [5, 5.41) is 0. The monoisotopic (exact) mass is 568 g/mol. The van der Waals surface area contributed by atoms with E-state index in [-0.39, 0.29) is 17.4 Å². The number of carbonyl (C=O) groups is 2. The Balaban J connectivity index is 1.60. The van der Waals surface area contributed by atoms with Crippen LogP contribution in [0.15, 0.2) is 60.7 Å². The van der Waals surface area contributed by atoms with Crippen molar-refractivity contribution in [1.29, 1.82) is 0 Å². The fourth-order valence-corrected chi connectivity index (χ4v) is 7.62. The highest BCUT2D eigenvalue weighted by molar-refractivity contribution is 5.89. The van der Waals surface area contributed by atoms with Crippen LogP contribution < -0.4 is 9.47 Å². The molecule has 3 aliphatic carbocycles. The lowest BCUT2D eigenvalue weighted by atomic mass is 9.64. The summed E-state index contributed by atoms with van der Waals surface area (Å²) in [5.74, 6) is 1.46. The van der Waals surface area contributed by atoms with Crippen molar-refractivity contribution >= 4 is 11.9 Å². The Morgan fingerprint density at radius 1 is 0.619 bits per heavy atom. The predicted octanol–water partition coefficient (Wildman–Crippen LogP) is 10.00. The van der Waals surface area contributed by atoms with E-state index >= 15 is 0 Å². The molecule has 3 saturated carbocycles. The predicted molar refractivity (Wildman–Crippen MR) is 169 cm³/mol. The average Bonchev–Trinajstić information content (AvgIpc) is 3.02. The summed E-state index contributed by atoms with van der Waals surface area (Å²) in [7, 11) is 0. The van der Waals surface area contributed by atoms with Gasteiger partial charge in [-0.1, -0.05) is 95.2 Å². The van der Waals surface area contributed by atoms with Gasteiger partial charge in [0.2, 0.25) is 0 Å². The van der Waals surface area contributed by atoms with Gasteiger partial charge in [0.25, 0.3) is 0 Å². The first-order valence-electron chi connectivity index (χ1n) is 16.3. The van der Waals surface area contributed by atoms with Crippen molar-refractivity contribution in [3.63, 3.8) is 0 Å². The molecule has 0 radical (unpaired) electrons. The van der Waals surface area contributed by atoms with Gasteiger partial charge in [-0.05, 0) is 98.6 Å².